The molecule has 0 spiro atoms. The minimum Gasteiger partial charge on any atom is -0.0616 e. The Balaban J connectivity index is 0.0000000964. The summed E-state index contributed by atoms with van der Waals surface area (Å²) in [5.74, 6) is 0. The summed E-state index contributed by atoms with van der Waals surface area (Å²) < 4.78 is 0. The molecule has 18 aromatic rings. The molecule has 0 heterocycles. The normalized spacial score (nSPS) is 11.6. The highest BCUT2D eigenvalue weighted by Crippen LogP contribution is 2.40. The molecule has 0 saturated carbocycles. The van der Waals surface area contributed by atoms with Crippen LogP contribution in [-0.2, 0) is 0 Å². The van der Waals surface area contributed by atoms with Crippen LogP contribution in [0.1, 0.15) is 27.8 Å². The first-order valence-corrected chi connectivity index (χ1v) is 29.8. The molecule has 0 aliphatic rings. The first-order chi connectivity index (χ1) is 41.7. The number of hydrogen-bond donors (Lipinski definition) is 0. The van der Waals surface area contributed by atoms with Crippen LogP contribution in [0.5, 0.6) is 0 Å². The number of rotatable bonds is 0. The van der Waals surface area contributed by atoms with Crippen LogP contribution in [0.3, 0.4) is 0 Å². The van der Waals surface area contributed by atoms with Crippen molar-refractivity contribution in [3.63, 3.8) is 0 Å². The van der Waals surface area contributed by atoms with Gasteiger partial charge in [-0.05, 0) is 208 Å². The second-order valence-electron chi connectivity index (χ2n) is 23.3. The lowest BCUT2D eigenvalue weighted by Gasteiger charge is -2.12. The van der Waals surface area contributed by atoms with E-state index in [1.54, 1.807) is 0 Å². The molecule has 0 fully saturated rings. The summed E-state index contributed by atoms with van der Waals surface area (Å²) in [6.07, 6.45) is 0. The molecule has 0 bridgehead atoms. The molecule has 0 N–H and O–H groups in total. The maximum atomic E-state index is 2.34. The monoisotopic (exact) mass is 1080 g/mol. The Bertz CT molecular complexity index is 5640. The maximum absolute atomic E-state index is 2.34. The summed E-state index contributed by atoms with van der Waals surface area (Å²) in [6.45, 7) is 11.0. The summed E-state index contributed by atoms with van der Waals surface area (Å²) >= 11 is 0. The van der Waals surface area contributed by atoms with Crippen LogP contribution in [0.25, 0.3) is 151 Å². The van der Waals surface area contributed by atoms with Crippen molar-refractivity contribution in [1.82, 2.24) is 0 Å². The van der Waals surface area contributed by atoms with E-state index in [9.17, 15) is 0 Å². The fraction of sp³-hybridized carbons (Fsp3) is 0.0588. The molecule has 0 aliphatic carbocycles. The van der Waals surface area contributed by atoms with Crippen molar-refractivity contribution >= 4 is 151 Å². The van der Waals surface area contributed by atoms with Crippen LogP contribution in [0, 0.1) is 34.6 Å². The molecule has 0 atom stereocenters. The summed E-state index contributed by atoms with van der Waals surface area (Å²) in [7, 11) is 0. The first kappa shape index (κ1) is 51.5. The minimum atomic E-state index is 1.30. The van der Waals surface area contributed by atoms with Crippen molar-refractivity contribution in [1.29, 1.82) is 0 Å². The second-order valence-corrected chi connectivity index (χ2v) is 23.3. The largest absolute Gasteiger partial charge is 0.0616 e. The molecule has 0 saturated heterocycles. The zero-order valence-corrected chi connectivity index (χ0v) is 48.6. The van der Waals surface area contributed by atoms with Crippen molar-refractivity contribution in [2.24, 2.45) is 0 Å². The Morgan fingerprint density at radius 1 is 0.129 bits per heavy atom. The molecule has 0 heteroatoms. The third-order valence-corrected chi connectivity index (χ3v) is 18.1. The first-order valence-electron chi connectivity index (χ1n) is 29.8. The fourth-order valence-corrected chi connectivity index (χ4v) is 14.0. The molecule has 402 valence electrons. The van der Waals surface area contributed by atoms with Gasteiger partial charge < -0.3 is 0 Å². The number of fused-ring (bicyclic) bond motifs is 24. The van der Waals surface area contributed by atoms with E-state index in [2.05, 4.69) is 320 Å². The van der Waals surface area contributed by atoms with Gasteiger partial charge in [0.25, 0.3) is 0 Å². The molecule has 18 rings (SSSR count). The summed E-state index contributed by atoms with van der Waals surface area (Å²) in [5.41, 5.74) is 6.70. The topological polar surface area (TPSA) is 0 Å². The molecule has 85 heavy (non-hydrogen) atoms. The van der Waals surface area contributed by atoms with Crippen LogP contribution in [0.15, 0.2) is 285 Å². The molecule has 0 radical (unpaired) electrons. The quantitative estimate of drug-likeness (QED) is 0.133. The van der Waals surface area contributed by atoms with E-state index in [-0.39, 0.29) is 0 Å². The smallest absolute Gasteiger partial charge is 0.00961 e. The van der Waals surface area contributed by atoms with Crippen molar-refractivity contribution in [2.45, 2.75) is 34.6 Å². The van der Waals surface area contributed by atoms with Gasteiger partial charge in [-0.25, -0.2) is 0 Å². The molecule has 0 nitrogen and oxygen atoms in total. The third kappa shape index (κ3) is 8.93. The van der Waals surface area contributed by atoms with E-state index in [1.807, 2.05) is 0 Å². The molecule has 0 amide bonds. The van der Waals surface area contributed by atoms with E-state index in [0.717, 1.165) is 0 Å². The van der Waals surface area contributed by atoms with E-state index >= 15 is 0 Å². The van der Waals surface area contributed by atoms with E-state index < -0.39 is 0 Å². The molecule has 0 aliphatic heterocycles. The van der Waals surface area contributed by atoms with Gasteiger partial charge >= 0.3 is 0 Å². The summed E-state index contributed by atoms with van der Waals surface area (Å²) in [5, 5.41) is 37.5. The predicted octanol–water partition coefficient (Wildman–Crippen LogP) is 24.4. The van der Waals surface area contributed by atoms with Gasteiger partial charge in [0.1, 0.15) is 0 Å². The van der Waals surface area contributed by atoms with Gasteiger partial charge in [0.05, 0.1) is 0 Å². The third-order valence-electron chi connectivity index (χ3n) is 18.1. The van der Waals surface area contributed by atoms with Gasteiger partial charge in [0.15, 0.2) is 0 Å². The fourth-order valence-electron chi connectivity index (χ4n) is 14.0. The van der Waals surface area contributed by atoms with Gasteiger partial charge in [0, 0.05) is 0 Å². The average Bonchev–Trinajstić information content (AvgIpc) is 2.26. The Labute approximate surface area is 495 Å². The highest BCUT2D eigenvalue weighted by atomic mass is 14.2. The summed E-state index contributed by atoms with van der Waals surface area (Å²) in [4.78, 5) is 0. The van der Waals surface area contributed by atoms with E-state index in [1.165, 1.54) is 179 Å². The Hall–Kier alpha value is -10.4. The predicted molar refractivity (Wildman–Crippen MR) is 375 cm³/mol. The number of aryl methyl sites for hydroxylation is 5. The lowest BCUT2D eigenvalue weighted by molar-refractivity contribution is 1.51. The molecule has 0 unspecified atom stereocenters. The van der Waals surface area contributed by atoms with Crippen LogP contribution in [0.2, 0.25) is 0 Å². The van der Waals surface area contributed by atoms with Crippen LogP contribution in [-0.4, -0.2) is 0 Å². The lowest BCUT2D eigenvalue weighted by atomic mass is 9.92. The Kier molecular flexibility index (Phi) is 12.8. The average molecular weight is 1080 g/mol. The van der Waals surface area contributed by atoms with Crippen LogP contribution < -0.4 is 0 Å². The minimum absolute atomic E-state index is 1.30. The molecule has 18 aromatic carbocycles. The van der Waals surface area contributed by atoms with Gasteiger partial charge in [-0.1, -0.05) is 291 Å². The van der Waals surface area contributed by atoms with Gasteiger partial charge in [-0.2, -0.15) is 0 Å². The maximum Gasteiger partial charge on any atom is -0.00961 e. The number of benzene rings is 18. The Morgan fingerprint density at radius 2 is 0.318 bits per heavy atom. The zero-order valence-electron chi connectivity index (χ0n) is 48.6. The highest BCUT2D eigenvalue weighted by Gasteiger charge is 2.13. The standard InChI is InChI=1S/2C23H16.C20H16.C19H14/c1-15-14-23-21-11-10-16-6-2-3-8-18(16)20(21)12-13-22(23)19-9-5-4-7-17(15)19;1-15-6-9-19-17(14-15)8-11-23-21(19)13-12-20-18-5-3-2-4-16(18)7-10-22(20)23;1-13-11-19-18-10-6-4-8-16(18)14(2)12-20(19)17-9-5-3-7-15(13)17;1-13-12-19-16-8-3-2-6-14(16)10-11-18(19)17-9-5-4-7-15(13)17/h2*2-14H,1H3;3-12H,1-2H3;2-12H,1H3. The number of hydrogen-bond acceptors (Lipinski definition) is 0. The van der Waals surface area contributed by atoms with Crippen molar-refractivity contribution < 1.29 is 0 Å². The van der Waals surface area contributed by atoms with Crippen LogP contribution >= 0.6 is 0 Å². The second kappa shape index (κ2) is 21.1. The van der Waals surface area contributed by atoms with Gasteiger partial charge in [-0.3, -0.25) is 0 Å². The van der Waals surface area contributed by atoms with E-state index in [4.69, 9.17) is 0 Å². The molecule has 0 aromatic heterocycles. The highest BCUT2D eigenvalue weighted by molar-refractivity contribution is 6.25. The van der Waals surface area contributed by atoms with Crippen molar-refractivity contribution in [3.8, 4) is 0 Å². The zero-order chi connectivity index (χ0) is 57.3. The Morgan fingerprint density at radius 3 is 0.671 bits per heavy atom. The van der Waals surface area contributed by atoms with Gasteiger partial charge in [0.2, 0.25) is 0 Å². The SMILES string of the molecule is Cc1cc2c(ccc3c4ccccc4ccc32)c2ccccc12.Cc1cc2c3ccccc3c(C)cc2c2ccccc12.Cc1cc2c3ccccc3ccc2c2ccccc12.Cc1ccc2c(ccc3c2ccc2c4ccccc4ccc23)c1. The van der Waals surface area contributed by atoms with Crippen LogP contribution in [0.4, 0.5) is 0 Å². The molecular weight excluding hydrogens is 1020 g/mol. The van der Waals surface area contributed by atoms with Crippen molar-refractivity contribution in [3.05, 3.63) is 313 Å². The molecular formula is C85H62. The van der Waals surface area contributed by atoms with E-state index in [0.29, 0.717) is 0 Å². The van der Waals surface area contributed by atoms with Gasteiger partial charge in [-0.15, -0.1) is 0 Å². The summed E-state index contributed by atoms with van der Waals surface area (Å²) in [6, 6.07) is 104. The van der Waals surface area contributed by atoms with Crippen molar-refractivity contribution in [2.75, 3.05) is 0 Å². The lowest BCUT2D eigenvalue weighted by Crippen LogP contribution is -1.86.